The van der Waals surface area contributed by atoms with Gasteiger partial charge in [0.05, 0.1) is 6.04 Å². The van der Waals surface area contributed by atoms with E-state index >= 15 is 0 Å². The van der Waals surface area contributed by atoms with E-state index in [1.807, 2.05) is 53.4 Å². The fourth-order valence-corrected chi connectivity index (χ4v) is 10.2. The van der Waals surface area contributed by atoms with E-state index in [2.05, 4.69) is 35.1 Å². The standard InChI is InChI=1S/C39H65N7O6/c1-23(2)28(33(51)46-17-16-41-21-36(46,6)7)44-34(52)43-26(19-35(3,4)5)32(50)45-22-39(37(8,9)38(39)14-11-15-38)20-27(45)31(49)42-25(29(47)30(40)48)18-24-12-10-13-24/h23-28,41H,10-22H2,1-9H3,(H2,40,48)(H,42,49)(H2,43,44,52)/t25?,26?,27?,28-,39?/m0/s1. The van der Waals surface area contributed by atoms with Gasteiger partial charge in [-0.3, -0.25) is 24.0 Å². The van der Waals surface area contributed by atoms with Crippen molar-refractivity contribution in [3.05, 3.63) is 0 Å². The minimum atomic E-state index is -1.09. The number of likely N-dealkylation sites (tertiary alicyclic amines) is 1. The normalized spacial score (nSPS) is 27.6. The highest BCUT2D eigenvalue weighted by molar-refractivity contribution is 6.37. The first-order valence-electron chi connectivity index (χ1n) is 19.6. The number of urea groups is 1. The summed E-state index contributed by atoms with van der Waals surface area (Å²) in [5.74, 6) is -2.90. The number of hydrogen-bond donors (Lipinski definition) is 5. The number of primary amides is 1. The van der Waals surface area contributed by atoms with Crippen molar-refractivity contribution in [2.24, 2.45) is 39.2 Å². The number of carbonyl (C=O) groups excluding carboxylic acids is 6. The maximum Gasteiger partial charge on any atom is 0.316 e. The number of piperazine rings is 1. The van der Waals surface area contributed by atoms with Crippen LogP contribution in [0.2, 0.25) is 0 Å². The Kier molecular flexibility index (Phi) is 10.9. The molecular weight excluding hydrogens is 662 g/mol. The second kappa shape index (κ2) is 14.2. The summed E-state index contributed by atoms with van der Waals surface area (Å²) in [6, 6.07) is -4.34. The van der Waals surface area contributed by atoms with Crippen LogP contribution in [0.1, 0.15) is 120 Å². The highest BCUT2D eigenvalue weighted by Crippen LogP contribution is 2.88. The number of amides is 6. The molecule has 6 N–H and O–H groups in total. The van der Waals surface area contributed by atoms with E-state index in [1.165, 1.54) is 0 Å². The van der Waals surface area contributed by atoms with E-state index in [4.69, 9.17) is 5.73 Å². The molecule has 2 spiro atoms. The number of fused-ring (bicyclic) bond motifs is 1. The maximum atomic E-state index is 14.8. The zero-order valence-electron chi connectivity index (χ0n) is 33.1. The van der Waals surface area contributed by atoms with Crippen molar-refractivity contribution in [3.8, 4) is 0 Å². The summed E-state index contributed by atoms with van der Waals surface area (Å²) in [7, 11) is 0. The number of rotatable bonds is 12. The van der Waals surface area contributed by atoms with Gasteiger partial charge in [0, 0.05) is 37.1 Å². The van der Waals surface area contributed by atoms with Crippen LogP contribution in [0, 0.1) is 33.5 Å². The summed E-state index contributed by atoms with van der Waals surface area (Å²) < 4.78 is 0. The molecule has 6 amide bonds. The van der Waals surface area contributed by atoms with Crippen LogP contribution in [-0.2, 0) is 24.0 Å². The molecule has 2 aliphatic heterocycles. The molecule has 2 heterocycles. The summed E-state index contributed by atoms with van der Waals surface area (Å²) in [5, 5.41) is 12.0. The molecule has 5 fully saturated rings. The fourth-order valence-electron chi connectivity index (χ4n) is 10.2. The minimum Gasteiger partial charge on any atom is -0.363 e. The molecule has 0 radical (unpaired) electrons. The predicted molar refractivity (Wildman–Crippen MR) is 198 cm³/mol. The SMILES string of the molecule is CC(C)[C@H](NC(=O)NC(CC(C)(C)C)C(=O)N1CC2(CC1C(=O)NC(CC1CCC1)C(=O)C(N)=O)C(C)(C)C21CCC1)C(=O)N1CCNCC1(C)C. The first-order chi connectivity index (χ1) is 24.1. The van der Waals surface area contributed by atoms with Gasteiger partial charge in [-0.05, 0) is 74.0 Å². The van der Waals surface area contributed by atoms with Crippen LogP contribution in [0.5, 0.6) is 0 Å². The topological polar surface area (TPSA) is 183 Å². The molecule has 0 bridgehead atoms. The zero-order chi connectivity index (χ0) is 38.6. The molecule has 13 nitrogen and oxygen atoms in total. The smallest absolute Gasteiger partial charge is 0.316 e. The van der Waals surface area contributed by atoms with Crippen molar-refractivity contribution in [1.82, 2.24) is 31.1 Å². The number of hydrogen-bond acceptors (Lipinski definition) is 7. The average molecular weight is 728 g/mol. The lowest BCUT2D eigenvalue weighted by molar-refractivity contribution is -0.142. The van der Waals surface area contributed by atoms with Crippen molar-refractivity contribution < 1.29 is 28.8 Å². The molecule has 5 atom stereocenters. The van der Waals surface area contributed by atoms with Crippen molar-refractivity contribution >= 4 is 35.4 Å². The van der Waals surface area contributed by atoms with E-state index in [1.54, 1.807) is 4.90 Å². The first kappa shape index (κ1) is 40.0. The molecule has 292 valence electrons. The van der Waals surface area contributed by atoms with Crippen molar-refractivity contribution in [1.29, 1.82) is 0 Å². The molecule has 3 aliphatic carbocycles. The predicted octanol–water partition coefficient (Wildman–Crippen LogP) is 2.85. The Morgan fingerprint density at radius 2 is 1.54 bits per heavy atom. The minimum absolute atomic E-state index is 0.0227. The van der Waals surface area contributed by atoms with E-state index < -0.39 is 53.3 Å². The van der Waals surface area contributed by atoms with E-state index in [9.17, 15) is 28.8 Å². The van der Waals surface area contributed by atoms with Gasteiger partial charge in [0.15, 0.2) is 0 Å². The van der Waals surface area contributed by atoms with Crippen LogP contribution in [0.3, 0.4) is 0 Å². The molecule has 52 heavy (non-hydrogen) atoms. The first-order valence-corrected chi connectivity index (χ1v) is 19.6. The third kappa shape index (κ3) is 7.19. The highest BCUT2D eigenvalue weighted by Gasteiger charge is 2.85. The van der Waals surface area contributed by atoms with E-state index in [-0.39, 0.29) is 45.3 Å². The third-order valence-corrected chi connectivity index (χ3v) is 13.8. The third-order valence-electron chi connectivity index (χ3n) is 13.8. The van der Waals surface area contributed by atoms with Crippen LogP contribution in [0.25, 0.3) is 0 Å². The number of nitrogens with one attached hydrogen (secondary N) is 4. The monoisotopic (exact) mass is 727 g/mol. The lowest BCUT2D eigenvalue weighted by Crippen LogP contribution is -2.65. The van der Waals surface area contributed by atoms with E-state index in [0.717, 1.165) is 38.5 Å². The number of carbonyl (C=O) groups is 6. The van der Waals surface area contributed by atoms with Crippen molar-refractivity contribution in [3.63, 3.8) is 0 Å². The molecular formula is C39H65N7O6. The van der Waals surface area contributed by atoms with Gasteiger partial charge in [-0.25, -0.2) is 4.79 Å². The Labute approximate surface area is 310 Å². The van der Waals surface area contributed by atoms with Gasteiger partial charge < -0.3 is 36.8 Å². The molecule has 5 rings (SSSR count). The van der Waals surface area contributed by atoms with Crippen molar-refractivity contribution in [2.75, 3.05) is 26.2 Å². The lowest BCUT2D eigenvalue weighted by Gasteiger charge is -2.44. The Hall–Kier alpha value is -3.22. The number of Topliss-reactive ketones (excluding diaryl/α,β-unsaturated/α-hetero) is 1. The summed E-state index contributed by atoms with van der Waals surface area (Å²) in [6.45, 7) is 20.4. The zero-order valence-corrected chi connectivity index (χ0v) is 33.1. The Morgan fingerprint density at radius 3 is 2.02 bits per heavy atom. The lowest BCUT2D eigenvalue weighted by atomic mass is 9.73. The molecule has 4 unspecified atom stereocenters. The highest BCUT2D eigenvalue weighted by atomic mass is 16.2. The van der Waals surface area contributed by atoms with Gasteiger partial charge in [0.25, 0.3) is 5.91 Å². The van der Waals surface area contributed by atoms with Gasteiger partial charge in [-0.2, -0.15) is 0 Å². The Morgan fingerprint density at radius 1 is 0.885 bits per heavy atom. The maximum absolute atomic E-state index is 14.8. The van der Waals surface area contributed by atoms with Gasteiger partial charge in [-0.15, -0.1) is 0 Å². The molecule has 0 aromatic rings. The second-order valence-corrected chi connectivity index (χ2v) is 19.3. The van der Waals surface area contributed by atoms with Crippen LogP contribution in [0.15, 0.2) is 0 Å². The molecule has 2 saturated heterocycles. The Bertz CT molecular complexity index is 1440. The molecule has 5 aliphatic rings. The summed E-state index contributed by atoms with van der Waals surface area (Å²) in [5.41, 5.74) is 4.25. The van der Waals surface area contributed by atoms with Crippen LogP contribution in [0.4, 0.5) is 4.79 Å². The van der Waals surface area contributed by atoms with Gasteiger partial charge in [0.1, 0.15) is 18.1 Å². The molecule has 3 saturated carbocycles. The van der Waals surface area contributed by atoms with Gasteiger partial charge >= 0.3 is 6.03 Å². The number of nitrogens with two attached hydrogens (primary N) is 1. The average Bonchev–Trinajstić information content (AvgIpc) is 3.21. The van der Waals surface area contributed by atoms with E-state index in [0.29, 0.717) is 45.4 Å². The van der Waals surface area contributed by atoms with Crippen LogP contribution < -0.4 is 27.0 Å². The molecule has 13 heteroatoms. The molecule has 0 aromatic heterocycles. The van der Waals surface area contributed by atoms with Crippen LogP contribution >= 0.6 is 0 Å². The summed E-state index contributed by atoms with van der Waals surface area (Å²) >= 11 is 0. The fraction of sp³-hybridized carbons (Fsp3) is 0.846. The number of nitrogens with zero attached hydrogens (tertiary/aromatic N) is 2. The number of ketones is 1. The van der Waals surface area contributed by atoms with Gasteiger partial charge in [-0.1, -0.05) is 74.1 Å². The molecule has 0 aromatic carbocycles. The summed E-state index contributed by atoms with van der Waals surface area (Å²) in [6.07, 6.45) is 7.11. The van der Waals surface area contributed by atoms with Crippen molar-refractivity contribution in [2.45, 2.75) is 150 Å². The second-order valence-electron chi connectivity index (χ2n) is 19.3. The quantitative estimate of drug-likeness (QED) is 0.192. The van der Waals surface area contributed by atoms with Gasteiger partial charge in [0.2, 0.25) is 23.5 Å². The summed E-state index contributed by atoms with van der Waals surface area (Å²) in [4.78, 5) is 85.2. The Balaban J connectivity index is 1.40. The van der Waals surface area contributed by atoms with Crippen LogP contribution in [-0.4, -0.2) is 101 Å². The largest absolute Gasteiger partial charge is 0.363 e.